The lowest BCUT2D eigenvalue weighted by atomic mass is 9.89. The molecule has 5 heteroatoms. The molecule has 0 radical (unpaired) electrons. The average Bonchev–Trinajstić information content (AvgIpc) is 3.04. The molecule has 3 aromatic carbocycles. The summed E-state index contributed by atoms with van der Waals surface area (Å²) >= 11 is 0. The molecule has 0 fully saturated rings. The fourth-order valence-electron chi connectivity index (χ4n) is 5.14. The van der Waals surface area contributed by atoms with Gasteiger partial charge in [0.2, 0.25) is 0 Å². The molecule has 0 aliphatic rings. The number of benzene rings is 3. The largest absolute Gasteiger partial charge is 0.493 e. The van der Waals surface area contributed by atoms with Gasteiger partial charge in [0.05, 0.1) is 26.4 Å². The van der Waals surface area contributed by atoms with Gasteiger partial charge in [0.1, 0.15) is 5.75 Å². The summed E-state index contributed by atoms with van der Waals surface area (Å²) in [6.07, 6.45) is 10.1. The van der Waals surface area contributed by atoms with Crippen molar-refractivity contribution in [2.24, 2.45) is 5.41 Å². The van der Waals surface area contributed by atoms with E-state index in [2.05, 4.69) is 75.0 Å². The predicted octanol–water partition coefficient (Wildman–Crippen LogP) is 7.47. The second-order valence-corrected chi connectivity index (χ2v) is 11.8. The summed E-state index contributed by atoms with van der Waals surface area (Å²) in [5, 5.41) is 19.2. The summed E-state index contributed by atoms with van der Waals surface area (Å²) < 4.78 is 11.4. The summed E-state index contributed by atoms with van der Waals surface area (Å²) in [5.41, 5.74) is 8.04. The van der Waals surface area contributed by atoms with Crippen LogP contribution in [-0.4, -0.2) is 42.6 Å². The molecule has 0 aliphatic carbocycles. The Balaban J connectivity index is 1.74. The Kier molecular flexibility index (Phi) is 14.0. The van der Waals surface area contributed by atoms with Crippen molar-refractivity contribution in [1.29, 1.82) is 0 Å². The predicted molar refractivity (Wildman–Crippen MR) is 176 cm³/mol. The van der Waals surface area contributed by atoms with Crippen molar-refractivity contribution in [3.8, 4) is 16.9 Å². The molecule has 3 aromatic rings. The number of esters is 1. The van der Waals surface area contributed by atoms with Gasteiger partial charge >= 0.3 is 5.97 Å². The van der Waals surface area contributed by atoms with Crippen LogP contribution in [0.5, 0.6) is 5.75 Å². The zero-order chi connectivity index (χ0) is 31.1. The van der Waals surface area contributed by atoms with E-state index in [1.54, 1.807) is 0 Å². The smallest absolute Gasteiger partial charge is 0.330 e. The van der Waals surface area contributed by atoms with E-state index < -0.39 is 11.4 Å². The summed E-state index contributed by atoms with van der Waals surface area (Å²) in [4.78, 5) is 11.6. The maximum Gasteiger partial charge on any atom is 0.330 e. The molecule has 0 aromatic heterocycles. The van der Waals surface area contributed by atoms with Crippen molar-refractivity contribution < 1.29 is 24.5 Å². The highest BCUT2D eigenvalue weighted by Crippen LogP contribution is 2.31. The summed E-state index contributed by atoms with van der Waals surface area (Å²) in [7, 11) is 0. The highest BCUT2D eigenvalue weighted by Gasteiger charge is 2.22. The van der Waals surface area contributed by atoms with Crippen LogP contribution in [0.4, 0.5) is 0 Å². The highest BCUT2D eigenvalue weighted by molar-refractivity contribution is 5.81. The molecule has 0 saturated heterocycles. The SMILES string of the molecule is C=CC(=O)OCCc1cc(-c2ccc(CCc3ccc(CCCCC)cc3)cc2CC)ccc1OCCC(C)(CO)CO. The number of rotatable bonds is 19. The van der Waals surface area contributed by atoms with Crippen LogP contribution in [0, 0.1) is 5.41 Å². The van der Waals surface area contributed by atoms with Crippen LogP contribution < -0.4 is 4.74 Å². The number of aryl methyl sites for hydroxylation is 4. The van der Waals surface area contributed by atoms with Crippen LogP contribution in [0.2, 0.25) is 0 Å². The first-order chi connectivity index (χ1) is 20.8. The van der Waals surface area contributed by atoms with E-state index >= 15 is 0 Å². The van der Waals surface area contributed by atoms with E-state index in [0.717, 1.165) is 42.9 Å². The van der Waals surface area contributed by atoms with Gasteiger partial charge < -0.3 is 19.7 Å². The second-order valence-electron chi connectivity index (χ2n) is 11.8. The van der Waals surface area contributed by atoms with Crippen LogP contribution in [0.15, 0.2) is 73.3 Å². The zero-order valence-corrected chi connectivity index (χ0v) is 26.4. The van der Waals surface area contributed by atoms with Crippen molar-refractivity contribution >= 4 is 5.97 Å². The number of carbonyl (C=O) groups excluding carboxylic acids is 1. The third-order valence-corrected chi connectivity index (χ3v) is 8.23. The summed E-state index contributed by atoms with van der Waals surface area (Å²) in [6, 6.07) is 22.1. The molecule has 3 rings (SSSR count). The fraction of sp³-hybridized carbons (Fsp3) is 0.447. The molecule has 2 N–H and O–H groups in total. The molecule has 0 atom stereocenters. The van der Waals surface area contributed by atoms with E-state index in [1.165, 1.54) is 47.1 Å². The Morgan fingerprint density at radius 1 is 0.814 bits per heavy atom. The van der Waals surface area contributed by atoms with E-state index in [0.29, 0.717) is 25.2 Å². The molecule has 5 nitrogen and oxygen atoms in total. The molecule has 0 spiro atoms. The molecule has 232 valence electrons. The minimum Gasteiger partial charge on any atom is -0.493 e. The molecule has 0 unspecified atom stereocenters. The van der Waals surface area contributed by atoms with E-state index in [-0.39, 0.29) is 19.8 Å². The van der Waals surface area contributed by atoms with Gasteiger partial charge in [-0.3, -0.25) is 0 Å². The number of hydrogen-bond donors (Lipinski definition) is 2. The first-order valence-corrected chi connectivity index (χ1v) is 15.8. The number of unbranched alkanes of at least 4 members (excludes halogenated alkanes) is 2. The molecule has 43 heavy (non-hydrogen) atoms. The van der Waals surface area contributed by atoms with Gasteiger partial charge in [-0.2, -0.15) is 0 Å². The van der Waals surface area contributed by atoms with Crippen molar-refractivity contribution in [3.05, 3.63) is 101 Å². The maximum absolute atomic E-state index is 11.6. The minimum atomic E-state index is -0.602. The minimum absolute atomic E-state index is 0.114. The van der Waals surface area contributed by atoms with Gasteiger partial charge in [-0.05, 0) is 89.6 Å². The normalized spacial score (nSPS) is 11.4. The third kappa shape index (κ3) is 10.7. The van der Waals surface area contributed by atoms with Gasteiger partial charge in [0, 0.05) is 17.9 Å². The highest BCUT2D eigenvalue weighted by atomic mass is 16.5. The van der Waals surface area contributed by atoms with Crippen LogP contribution in [0.3, 0.4) is 0 Å². The van der Waals surface area contributed by atoms with Gasteiger partial charge in [-0.15, -0.1) is 0 Å². The molecule has 0 amide bonds. The number of carbonyl (C=O) groups is 1. The first kappa shape index (κ1) is 34.1. The van der Waals surface area contributed by atoms with Crippen LogP contribution >= 0.6 is 0 Å². The lowest BCUT2D eigenvalue weighted by Gasteiger charge is -2.24. The molecule has 0 bridgehead atoms. The fourth-order valence-corrected chi connectivity index (χ4v) is 5.14. The van der Waals surface area contributed by atoms with Crippen molar-refractivity contribution in [3.63, 3.8) is 0 Å². The number of hydrogen-bond acceptors (Lipinski definition) is 5. The van der Waals surface area contributed by atoms with Crippen LogP contribution in [0.1, 0.15) is 74.3 Å². The Bertz CT molecular complexity index is 1290. The molecule has 0 aliphatic heterocycles. The van der Waals surface area contributed by atoms with E-state index in [4.69, 9.17) is 9.47 Å². The molecule has 0 heterocycles. The van der Waals surface area contributed by atoms with Gasteiger partial charge in [0.15, 0.2) is 0 Å². The van der Waals surface area contributed by atoms with Crippen molar-refractivity contribution in [2.45, 2.75) is 78.6 Å². The topological polar surface area (TPSA) is 76.0 Å². The average molecular weight is 587 g/mol. The van der Waals surface area contributed by atoms with Crippen LogP contribution in [0.25, 0.3) is 11.1 Å². The van der Waals surface area contributed by atoms with E-state index in [1.807, 2.05) is 13.0 Å². The first-order valence-electron chi connectivity index (χ1n) is 15.8. The lowest BCUT2D eigenvalue weighted by Crippen LogP contribution is -2.28. The Morgan fingerprint density at radius 3 is 2.14 bits per heavy atom. The Hall–Kier alpha value is -3.41. The molecular weight excluding hydrogens is 536 g/mol. The Labute approximate surface area is 258 Å². The quantitative estimate of drug-likeness (QED) is 0.0866. The van der Waals surface area contributed by atoms with Crippen molar-refractivity contribution in [2.75, 3.05) is 26.4 Å². The third-order valence-electron chi connectivity index (χ3n) is 8.23. The zero-order valence-electron chi connectivity index (χ0n) is 26.4. The Morgan fingerprint density at radius 2 is 1.49 bits per heavy atom. The lowest BCUT2D eigenvalue weighted by molar-refractivity contribution is -0.137. The molecular formula is C38H50O5. The van der Waals surface area contributed by atoms with Gasteiger partial charge in [0.25, 0.3) is 0 Å². The maximum atomic E-state index is 11.6. The number of aliphatic hydroxyl groups excluding tert-OH is 2. The number of ether oxygens (including phenoxy) is 2. The molecule has 0 saturated carbocycles. The summed E-state index contributed by atoms with van der Waals surface area (Å²) in [6.45, 7) is 10.1. The van der Waals surface area contributed by atoms with Crippen LogP contribution in [-0.2, 0) is 41.6 Å². The van der Waals surface area contributed by atoms with E-state index in [9.17, 15) is 15.0 Å². The van der Waals surface area contributed by atoms with Gasteiger partial charge in [-0.1, -0.05) is 88.7 Å². The standard InChI is InChI=1S/C38H50O5/c1-5-8-9-10-29-11-13-30(14-12-29)15-16-31-17-19-35(32(6-2)25-31)33-18-20-36(42-24-22-38(4,27-39)28-40)34(26-33)21-23-43-37(41)7-3/h7,11-14,17-20,25-26,39-40H,3,5-6,8-10,15-16,21-24,27-28H2,1-2,4H3. The second kappa shape index (κ2) is 17.6. The number of aliphatic hydroxyl groups is 2. The van der Waals surface area contributed by atoms with Gasteiger partial charge in [-0.25, -0.2) is 4.79 Å². The van der Waals surface area contributed by atoms with Crippen molar-refractivity contribution in [1.82, 2.24) is 0 Å². The summed E-state index contributed by atoms with van der Waals surface area (Å²) in [5.74, 6) is 0.259. The monoisotopic (exact) mass is 586 g/mol.